The third kappa shape index (κ3) is 2.56. The zero-order chi connectivity index (χ0) is 17.6. The predicted molar refractivity (Wildman–Crippen MR) is 57.6 cm³/mol. The Morgan fingerprint density at radius 2 is 0.696 bits per heavy atom. The lowest BCUT2D eigenvalue weighted by molar-refractivity contribution is 0.308. The van der Waals surface area contributed by atoms with Crippen molar-refractivity contribution < 1.29 is 44.3 Å². The molecule has 0 unspecified atom stereocenters. The fourth-order valence-corrected chi connectivity index (χ4v) is 1.62. The molecule has 0 aliphatic heterocycles. The van der Waals surface area contributed by atoms with E-state index >= 15 is 0 Å². The number of rotatable bonds is 2. The van der Waals surface area contributed by atoms with Crippen LogP contribution in [0.4, 0.5) is 39.5 Å². The van der Waals surface area contributed by atoms with Crippen LogP contribution in [0.25, 0.3) is 0 Å². The second kappa shape index (κ2) is 5.84. The molecule has 2 aromatic carbocycles. The molecule has 0 radical (unpaired) electrons. The molecule has 0 atom stereocenters. The summed E-state index contributed by atoms with van der Waals surface area (Å²) in [5.41, 5.74) is 0. The fourth-order valence-electron chi connectivity index (χ4n) is 1.45. The number of halogens is 10. The highest BCUT2D eigenvalue weighted by Crippen LogP contribution is 2.38. The predicted octanol–water partition coefficient (Wildman–Crippen LogP) is 5.38. The highest BCUT2D eigenvalue weighted by atomic mass is 35.5. The minimum absolute atomic E-state index is 1.63. The van der Waals surface area contributed by atoms with Crippen molar-refractivity contribution in [3.63, 3.8) is 0 Å². The summed E-state index contributed by atoms with van der Waals surface area (Å²) >= 11 is 4.89. The average molecular weight is 367 g/mol. The van der Waals surface area contributed by atoms with Gasteiger partial charge in [0.05, 0.1) is 0 Å². The van der Waals surface area contributed by atoms with Crippen molar-refractivity contribution in [1.82, 2.24) is 0 Å². The van der Waals surface area contributed by atoms with Gasteiger partial charge in [-0.05, 0) is 0 Å². The van der Waals surface area contributed by atoms with E-state index in [4.69, 9.17) is 11.6 Å². The molecule has 23 heavy (non-hydrogen) atoms. The third-order valence-electron chi connectivity index (χ3n) is 2.54. The van der Waals surface area contributed by atoms with E-state index in [2.05, 4.69) is 4.74 Å². The first-order valence-electron chi connectivity index (χ1n) is 5.30. The second-order valence-corrected chi connectivity index (χ2v) is 4.28. The van der Waals surface area contributed by atoms with Gasteiger partial charge < -0.3 is 4.74 Å². The molecule has 0 saturated heterocycles. The van der Waals surface area contributed by atoms with E-state index < -0.39 is 68.9 Å². The lowest BCUT2D eigenvalue weighted by atomic mass is 10.2. The van der Waals surface area contributed by atoms with Gasteiger partial charge in [-0.2, -0.15) is 17.6 Å². The third-order valence-corrected chi connectivity index (χ3v) is 2.88. The van der Waals surface area contributed by atoms with Gasteiger partial charge in [-0.15, -0.1) is 0 Å². The fraction of sp³-hybridized carbons (Fsp3) is 0. The largest absolute Gasteiger partial charge is 0.444 e. The molecule has 0 bridgehead atoms. The second-order valence-electron chi connectivity index (χ2n) is 3.90. The van der Waals surface area contributed by atoms with Crippen molar-refractivity contribution in [3.8, 4) is 11.5 Å². The zero-order valence-electron chi connectivity index (χ0n) is 10.2. The standard InChI is InChI=1S/C12ClF9O/c13-1-2(14)7(19)11(8(20)3(1)15)23-12-9(21)5(17)4(16)6(18)10(12)22. The van der Waals surface area contributed by atoms with E-state index in [0.717, 1.165) is 0 Å². The Bertz CT molecular complexity index is 696. The first-order chi connectivity index (χ1) is 10.6. The summed E-state index contributed by atoms with van der Waals surface area (Å²) in [5, 5.41) is -1.63. The molecule has 0 N–H and O–H groups in total. The molecule has 124 valence electrons. The van der Waals surface area contributed by atoms with Gasteiger partial charge in [0, 0.05) is 0 Å². The van der Waals surface area contributed by atoms with Crippen molar-refractivity contribution in [2.45, 2.75) is 0 Å². The van der Waals surface area contributed by atoms with Crippen LogP contribution in [0.1, 0.15) is 0 Å². The van der Waals surface area contributed by atoms with Crippen LogP contribution in [0.2, 0.25) is 5.02 Å². The molecular formula is C12ClF9O. The maximum absolute atomic E-state index is 13.4. The smallest absolute Gasteiger partial charge is 0.207 e. The molecule has 0 aromatic heterocycles. The minimum Gasteiger partial charge on any atom is -0.444 e. The van der Waals surface area contributed by atoms with Gasteiger partial charge in [0.2, 0.25) is 52.2 Å². The van der Waals surface area contributed by atoms with Gasteiger partial charge >= 0.3 is 0 Å². The molecule has 2 rings (SSSR count). The molecule has 0 aliphatic rings. The summed E-state index contributed by atoms with van der Waals surface area (Å²) in [4.78, 5) is 0. The first kappa shape index (κ1) is 17.3. The Morgan fingerprint density at radius 3 is 1.04 bits per heavy atom. The minimum atomic E-state index is -2.57. The van der Waals surface area contributed by atoms with Gasteiger partial charge in [0.1, 0.15) is 5.02 Å². The van der Waals surface area contributed by atoms with Gasteiger partial charge in [0.25, 0.3) is 0 Å². The molecule has 0 spiro atoms. The summed E-state index contributed by atoms with van der Waals surface area (Å²) in [6.07, 6.45) is 0. The Hall–Kier alpha value is -2.10. The summed E-state index contributed by atoms with van der Waals surface area (Å²) in [6, 6.07) is 0. The average Bonchev–Trinajstić information content (AvgIpc) is 2.54. The number of ether oxygens (including phenoxy) is 1. The van der Waals surface area contributed by atoms with E-state index in [9.17, 15) is 39.5 Å². The maximum Gasteiger partial charge on any atom is 0.207 e. The van der Waals surface area contributed by atoms with E-state index in [1.165, 1.54) is 0 Å². The number of benzene rings is 2. The number of hydrogen-bond acceptors (Lipinski definition) is 1. The van der Waals surface area contributed by atoms with Crippen molar-refractivity contribution >= 4 is 11.6 Å². The topological polar surface area (TPSA) is 9.23 Å². The van der Waals surface area contributed by atoms with Crippen LogP contribution in [0.3, 0.4) is 0 Å². The normalized spacial score (nSPS) is 11.0. The summed E-state index contributed by atoms with van der Waals surface area (Å²) in [5.74, 6) is -26.0. The summed E-state index contributed by atoms with van der Waals surface area (Å²) in [7, 11) is 0. The van der Waals surface area contributed by atoms with Crippen LogP contribution < -0.4 is 4.74 Å². The Labute approximate surface area is 125 Å². The van der Waals surface area contributed by atoms with Crippen LogP contribution in [-0.2, 0) is 0 Å². The monoisotopic (exact) mass is 366 g/mol. The number of hydrogen-bond donors (Lipinski definition) is 0. The molecule has 0 fully saturated rings. The Balaban J connectivity index is 2.71. The van der Waals surface area contributed by atoms with Crippen LogP contribution in [-0.4, -0.2) is 0 Å². The highest BCUT2D eigenvalue weighted by molar-refractivity contribution is 6.30. The zero-order valence-corrected chi connectivity index (χ0v) is 10.9. The highest BCUT2D eigenvalue weighted by Gasteiger charge is 2.31. The van der Waals surface area contributed by atoms with Crippen LogP contribution in [0, 0.1) is 52.4 Å². The van der Waals surface area contributed by atoms with E-state index in [1.807, 2.05) is 0 Å². The van der Waals surface area contributed by atoms with Crippen LogP contribution in [0.15, 0.2) is 0 Å². The van der Waals surface area contributed by atoms with Gasteiger partial charge in [0.15, 0.2) is 11.6 Å². The van der Waals surface area contributed by atoms with Crippen LogP contribution in [0.5, 0.6) is 11.5 Å². The van der Waals surface area contributed by atoms with Crippen molar-refractivity contribution in [2.75, 3.05) is 0 Å². The molecule has 0 saturated carbocycles. The van der Waals surface area contributed by atoms with Gasteiger partial charge in [-0.25, -0.2) is 22.0 Å². The maximum atomic E-state index is 13.4. The molecule has 0 amide bonds. The molecule has 0 aliphatic carbocycles. The van der Waals surface area contributed by atoms with E-state index in [1.54, 1.807) is 0 Å². The van der Waals surface area contributed by atoms with Crippen molar-refractivity contribution in [2.24, 2.45) is 0 Å². The lowest BCUT2D eigenvalue weighted by Crippen LogP contribution is -2.07. The van der Waals surface area contributed by atoms with E-state index in [-0.39, 0.29) is 0 Å². The van der Waals surface area contributed by atoms with Crippen molar-refractivity contribution in [3.05, 3.63) is 57.4 Å². The van der Waals surface area contributed by atoms with Gasteiger partial charge in [-0.3, -0.25) is 0 Å². The van der Waals surface area contributed by atoms with E-state index in [0.29, 0.717) is 0 Å². The summed E-state index contributed by atoms with van der Waals surface area (Å²) < 4.78 is 122. The Kier molecular flexibility index (Phi) is 4.38. The van der Waals surface area contributed by atoms with Crippen molar-refractivity contribution in [1.29, 1.82) is 0 Å². The van der Waals surface area contributed by atoms with Crippen LogP contribution >= 0.6 is 11.6 Å². The molecule has 1 nitrogen and oxygen atoms in total. The SMILES string of the molecule is Fc1c(F)c(F)c(Oc2c(F)c(F)c(Cl)c(F)c2F)c(F)c1F. The quantitative estimate of drug-likeness (QED) is 0.394. The molecule has 11 heteroatoms. The first-order valence-corrected chi connectivity index (χ1v) is 5.68. The lowest BCUT2D eigenvalue weighted by Gasteiger charge is -2.12. The summed E-state index contributed by atoms with van der Waals surface area (Å²) in [6.45, 7) is 0. The molecule has 0 heterocycles. The van der Waals surface area contributed by atoms with Gasteiger partial charge in [-0.1, -0.05) is 11.6 Å². The molecule has 2 aromatic rings. The molecular weight excluding hydrogens is 367 g/mol. The Morgan fingerprint density at radius 1 is 0.435 bits per heavy atom.